The molecule has 1 aromatic rings. The third-order valence-corrected chi connectivity index (χ3v) is 1.96. The number of anilines is 1. The van der Waals surface area contributed by atoms with Gasteiger partial charge in [0.15, 0.2) is 5.78 Å². The average molecular weight is 228 g/mol. The summed E-state index contributed by atoms with van der Waals surface area (Å²) in [5.41, 5.74) is 2.88. The van der Waals surface area contributed by atoms with Crippen LogP contribution in [-0.4, -0.2) is 5.78 Å². The van der Waals surface area contributed by atoms with Crippen LogP contribution in [0, 0.1) is 11.3 Å². The first-order valence-electron chi connectivity index (χ1n) is 4.19. The van der Waals surface area contributed by atoms with Crippen LogP contribution in [0.25, 0.3) is 0 Å². The number of carbonyl (C=O) groups excluding carboxylic acids is 1. The molecule has 1 aromatic carbocycles. The lowest BCUT2D eigenvalue weighted by atomic mass is 9.98. The Morgan fingerprint density at radius 1 is 1.44 bits per heavy atom. The molecule has 16 heavy (non-hydrogen) atoms. The summed E-state index contributed by atoms with van der Waals surface area (Å²) < 4.78 is 37.6. The van der Waals surface area contributed by atoms with Crippen LogP contribution in [0.5, 0.6) is 0 Å². The molecule has 0 atom stereocenters. The second-order valence-electron chi connectivity index (χ2n) is 3.16. The lowest BCUT2D eigenvalue weighted by Crippen LogP contribution is -2.12. The van der Waals surface area contributed by atoms with Crippen LogP contribution in [0.2, 0.25) is 0 Å². The second kappa shape index (κ2) is 3.85. The summed E-state index contributed by atoms with van der Waals surface area (Å²) in [4.78, 5) is 11.1. The average Bonchev–Trinajstić information content (AvgIpc) is 2.14. The predicted molar refractivity (Wildman–Crippen MR) is 50.6 cm³/mol. The number of hydrogen-bond donors (Lipinski definition) is 1. The summed E-state index contributed by atoms with van der Waals surface area (Å²) in [6, 6.07) is 3.09. The molecular formula is C10H7F3N2O. The molecule has 0 saturated carbocycles. The van der Waals surface area contributed by atoms with Crippen LogP contribution in [0.15, 0.2) is 12.1 Å². The number of carbonyl (C=O) groups is 1. The fraction of sp³-hybridized carbons (Fsp3) is 0.200. The van der Waals surface area contributed by atoms with E-state index in [1.807, 2.05) is 0 Å². The van der Waals surface area contributed by atoms with Gasteiger partial charge in [-0.15, -0.1) is 0 Å². The van der Waals surface area contributed by atoms with Crippen LogP contribution < -0.4 is 5.73 Å². The molecule has 1 rings (SSSR count). The van der Waals surface area contributed by atoms with E-state index in [1.165, 1.54) is 6.07 Å². The number of ketones is 1. The largest absolute Gasteiger partial charge is 0.417 e. The van der Waals surface area contributed by atoms with Crippen LogP contribution in [0.3, 0.4) is 0 Å². The molecule has 2 N–H and O–H groups in total. The van der Waals surface area contributed by atoms with Crippen molar-refractivity contribution in [1.29, 1.82) is 5.26 Å². The van der Waals surface area contributed by atoms with Gasteiger partial charge in [0, 0.05) is 11.3 Å². The van der Waals surface area contributed by atoms with E-state index in [0.717, 1.165) is 13.0 Å². The summed E-state index contributed by atoms with van der Waals surface area (Å²) in [6.07, 6.45) is -4.70. The number of nitriles is 1. The third kappa shape index (κ3) is 2.14. The van der Waals surface area contributed by atoms with E-state index in [4.69, 9.17) is 11.0 Å². The van der Waals surface area contributed by atoms with E-state index in [9.17, 15) is 18.0 Å². The van der Waals surface area contributed by atoms with Gasteiger partial charge >= 0.3 is 6.18 Å². The van der Waals surface area contributed by atoms with Gasteiger partial charge in [-0.2, -0.15) is 18.4 Å². The normalized spacial score (nSPS) is 10.9. The molecule has 6 heteroatoms. The first kappa shape index (κ1) is 12.0. The van der Waals surface area contributed by atoms with Gasteiger partial charge in [0.1, 0.15) is 6.07 Å². The van der Waals surface area contributed by atoms with Gasteiger partial charge < -0.3 is 5.73 Å². The van der Waals surface area contributed by atoms with Crippen LogP contribution in [0.1, 0.15) is 28.4 Å². The molecule has 0 saturated heterocycles. The van der Waals surface area contributed by atoms with Gasteiger partial charge in [-0.3, -0.25) is 4.79 Å². The Balaban J connectivity index is 3.63. The highest BCUT2D eigenvalue weighted by molar-refractivity contribution is 5.97. The molecule has 0 amide bonds. The summed E-state index contributed by atoms with van der Waals surface area (Å²) in [7, 11) is 0. The Bertz CT molecular complexity index is 486. The van der Waals surface area contributed by atoms with Crippen molar-refractivity contribution in [2.45, 2.75) is 13.1 Å². The number of alkyl halides is 3. The highest BCUT2D eigenvalue weighted by Gasteiger charge is 2.35. The first-order chi connectivity index (χ1) is 7.27. The van der Waals surface area contributed by atoms with E-state index in [2.05, 4.69) is 0 Å². The van der Waals surface area contributed by atoms with E-state index < -0.39 is 23.1 Å². The minimum Gasteiger partial charge on any atom is -0.399 e. The number of hydrogen-bond acceptors (Lipinski definition) is 3. The zero-order valence-electron chi connectivity index (χ0n) is 8.22. The number of nitrogens with two attached hydrogens (primary N) is 1. The van der Waals surface area contributed by atoms with Gasteiger partial charge in [-0.05, 0) is 19.1 Å². The topological polar surface area (TPSA) is 66.9 Å². The number of rotatable bonds is 1. The number of nitrogens with zero attached hydrogens (tertiary/aromatic N) is 1. The monoisotopic (exact) mass is 228 g/mol. The summed E-state index contributed by atoms with van der Waals surface area (Å²) >= 11 is 0. The van der Waals surface area contributed by atoms with Crippen LogP contribution in [-0.2, 0) is 6.18 Å². The molecule has 0 fully saturated rings. The summed E-state index contributed by atoms with van der Waals surface area (Å²) in [5, 5.41) is 8.66. The highest BCUT2D eigenvalue weighted by Crippen LogP contribution is 2.34. The molecule has 0 aliphatic heterocycles. The Morgan fingerprint density at radius 3 is 2.38 bits per heavy atom. The van der Waals surface area contributed by atoms with Crippen molar-refractivity contribution in [3.8, 4) is 6.07 Å². The van der Waals surface area contributed by atoms with Gasteiger partial charge in [0.2, 0.25) is 0 Å². The minimum atomic E-state index is -4.70. The van der Waals surface area contributed by atoms with Crippen molar-refractivity contribution in [2.24, 2.45) is 0 Å². The molecule has 0 heterocycles. The fourth-order valence-electron chi connectivity index (χ4n) is 1.29. The Morgan fingerprint density at radius 2 is 2.00 bits per heavy atom. The number of nitrogen functional groups attached to an aromatic ring is 1. The van der Waals surface area contributed by atoms with E-state index in [1.54, 1.807) is 0 Å². The minimum absolute atomic E-state index is 0.198. The zero-order valence-corrected chi connectivity index (χ0v) is 8.22. The van der Waals surface area contributed by atoms with Crippen molar-refractivity contribution >= 4 is 11.5 Å². The molecule has 0 radical (unpaired) electrons. The lowest BCUT2D eigenvalue weighted by molar-refractivity contribution is -0.137. The Labute approximate surface area is 89.3 Å². The van der Waals surface area contributed by atoms with Gasteiger partial charge in [0.25, 0.3) is 0 Å². The molecular weight excluding hydrogens is 221 g/mol. The first-order valence-corrected chi connectivity index (χ1v) is 4.19. The van der Waals surface area contributed by atoms with E-state index in [-0.39, 0.29) is 11.3 Å². The van der Waals surface area contributed by atoms with Crippen LogP contribution >= 0.6 is 0 Å². The summed E-state index contributed by atoms with van der Waals surface area (Å²) in [6.45, 7) is 1.08. The van der Waals surface area contributed by atoms with Crippen molar-refractivity contribution < 1.29 is 18.0 Å². The zero-order chi connectivity index (χ0) is 12.5. The smallest absolute Gasteiger partial charge is 0.399 e. The fourth-order valence-corrected chi connectivity index (χ4v) is 1.29. The number of halogens is 3. The molecule has 0 aliphatic rings. The molecule has 0 unspecified atom stereocenters. The predicted octanol–water partition coefficient (Wildman–Crippen LogP) is 2.36. The quantitative estimate of drug-likeness (QED) is 0.592. The second-order valence-corrected chi connectivity index (χ2v) is 3.16. The molecule has 3 nitrogen and oxygen atoms in total. The third-order valence-electron chi connectivity index (χ3n) is 1.96. The standard InChI is InChI=1S/C10H7F3N2O/c1-5(16)7-2-6(15)3-9(8(7)4-14)10(11,12)13/h2-3H,15H2,1H3. The Kier molecular flexibility index (Phi) is 2.90. The van der Waals surface area contributed by atoms with E-state index >= 15 is 0 Å². The van der Waals surface area contributed by atoms with Crippen molar-refractivity contribution in [3.63, 3.8) is 0 Å². The van der Waals surface area contributed by atoms with Crippen molar-refractivity contribution in [1.82, 2.24) is 0 Å². The maximum Gasteiger partial charge on any atom is 0.417 e. The van der Waals surface area contributed by atoms with Gasteiger partial charge in [-0.1, -0.05) is 0 Å². The molecule has 0 aromatic heterocycles. The molecule has 0 spiro atoms. The molecule has 84 valence electrons. The molecule has 0 aliphatic carbocycles. The number of benzene rings is 1. The number of Topliss-reactive ketones (excluding diaryl/α,β-unsaturated/α-hetero) is 1. The Hall–Kier alpha value is -2.03. The summed E-state index contributed by atoms with van der Waals surface area (Å²) in [5.74, 6) is -0.630. The highest BCUT2D eigenvalue weighted by atomic mass is 19.4. The van der Waals surface area contributed by atoms with Crippen molar-refractivity contribution in [3.05, 3.63) is 28.8 Å². The van der Waals surface area contributed by atoms with E-state index in [0.29, 0.717) is 6.07 Å². The van der Waals surface area contributed by atoms with Crippen LogP contribution in [0.4, 0.5) is 18.9 Å². The van der Waals surface area contributed by atoms with Gasteiger partial charge in [0.05, 0.1) is 11.1 Å². The lowest BCUT2D eigenvalue weighted by Gasteiger charge is -2.12. The maximum absolute atomic E-state index is 12.5. The maximum atomic E-state index is 12.5. The SMILES string of the molecule is CC(=O)c1cc(N)cc(C(F)(F)F)c1C#N. The molecule has 0 bridgehead atoms. The van der Waals surface area contributed by atoms with Crippen molar-refractivity contribution in [2.75, 3.05) is 5.73 Å². The van der Waals surface area contributed by atoms with Gasteiger partial charge in [-0.25, -0.2) is 0 Å².